The van der Waals surface area contributed by atoms with Gasteiger partial charge in [-0.25, -0.2) is 0 Å². The molecule has 110 valence electrons. The summed E-state index contributed by atoms with van der Waals surface area (Å²) in [6.45, 7) is 8.21. The molecule has 20 heavy (non-hydrogen) atoms. The maximum Gasteiger partial charge on any atom is 0.251 e. The van der Waals surface area contributed by atoms with Gasteiger partial charge in [0.2, 0.25) is 0 Å². The lowest BCUT2D eigenvalue weighted by atomic mass is 10.0. The van der Waals surface area contributed by atoms with E-state index in [1.54, 1.807) is 0 Å². The van der Waals surface area contributed by atoms with Crippen LogP contribution in [0.2, 0.25) is 0 Å². The Balaban J connectivity index is 1.87. The monoisotopic (exact) mass is 275 g/mol. The molecular formula is C16H25N3O. The molecule has 4 nitrogen and oxygen atoms in total. The predicted octanol–water partition coefficient (Wildman–Crippen LogP) is 1.73. The molecule has 0 bridgehead atoms. The van der Waals surface area contributed by atoms with Gasteiger partial charge in [-0.15, -0.1) is 0 Å². The normalized spacial score (nSPS) is 15.0. The van der Waals surface area contributed by atoms with E-state index in [-0.39, 0.29) is 5.91 Å². The van der Waals surface area contributed by atoms with Crippen molar-refractivity contribution in [3.05, 3.63) is 29.8 Å². The Labute approximate surface area is 121 Å². The van der Waals surface area contributed by atoms with E-state index in [0.717, 1.165) is 37.4 Å². The smallest absolute Gasteiger partial charge is 0.251 e. The van der Waals surface area contributed by atoms with Crippen molar-refractivity contribution in [2.45, 2.75) is 13.8 Å². The van der Waals surface area contributed by atoms with Gasteiger partial charge in [-0.05, 0) is 30.2 Å². The van der Waals surface area contributed by atoms with Gasteiger partial charge in [-0.1, -0.05) is 13.8 Å². The Hall–Kier alpha value is -1.55. The predicted molar refractivity (Wildman–Crippen MR) is 83.2 cm³/mol. The summed E-state index contributed by atoms with van der Waals surface area (Å²) in [7, 11) is 2.08. The lowest BCUT2D eigenvalue weighted by molar-refractivity contribution is 0.0942. The van der Waals surface area contributed by atoms with E-state index in [1.807, 2.05) is 24.3 Å². The third-order valence-corrected chi connectivity index (χ3v) is 3.63. The molecule has 1 aromatic rings. The van der Waals surface area contributed by atoms with Gasteiger partial charge in [-0.2, -0.15) is 0 Å². The summed E-state index contributed by atoms with van der Waals surface area (Å²) in [6, 6.07) is 7.84. The van der Waals surface area contributed by atoms with Crippen molar-refractivity contribution in [1.82, 2.24) is 10.6 Å². The number of nitrogens with zero attached hydrogens (tertiary/aromatic N) is 1. The molecule has 0 aromatic heterocycles. The van der Waals surface area contributed by atoms with Crippen LogP contribution in [-0.2, 0) is 0 Å². The maximum atomic E-state index is 12.0. The zero-order valence-corrected chi connectivity index (χ0v) is 12.6. The molecule has 0 aliphatic carbocycles. The number of nitrogens with one attached hydrogen (secondary N) is 2. The number of benzene rings is 1. The van der Waals surface area contributed by atoms with Gasteiger partial charge in [0, 0.05) is 50.4 Å². The topological polar surface area (TPSA) is 44.4 Å². The Morgan fingerprint density at radius 2 is 2.00 bits per heavy atom. The van der Waals surface area contributed by atoms with E-state index < -0.39 is 0 Å². The Morgan fingerprint density at radius 1 is 1.35 bits per heavy atom. The molecule has 1 aromatic carbocycles. The lowest BCUT2D eigenvalue weighted by Crippen LogP contribution is -2.48. The molecule has 1 saturated heterocycles. The molecule has 1 heterocycles. The molecule has 4 heteroatoms. The van der Waals surface area contributed by atoms with E-state index in [0.29, 0.717) is 11.8 Å². The molecule has 0 radical (unpaired) electrons. The number of hydrogen-bond acceptors (Lipinski definition) is 3. The molecule has 0 atom stereocenters. The molecule has 2 N–H and O–H groups in total. The van der Waals surface area contributed by atoms with Gasteiger partial charge in [0.05, 0.1) is 0 Å². The third-order valence-electron chi connectivity index (χ3n) is 3.63. The number of hydrogen-bond donors (Lipinski definition) is 2. The molecule has 0 unspecified atom stereocenters. The standard InChI is InChI=1S/C16H25N3O/c1-12(2)11-19(3)15-6-4-14(5-7-15)16(20)18-10-13-8-17-9-13/h4-7,12-13,17H,8-11H2,1-3H3,(H,18,20). The Morgan fingerprint density at radius 3 is 2.50 bits per heavy atom. The molecule has 1 amide bonds. The molecule has 0 saturated carbocycles. The quantitative estimate of drug-likeness (QED) is 0.831. The summed E-state index contributed by atoms with van der Waals surface area (Å²) in [6.07, 6.45) is 0. The summed E-state index contributed by atoms with van der Waals surface area (Å²) in [5.74, 6) is 1.24. The second-order valence-corrected chi connectivity index (χ2v) is 6.06. The summed E-state index contributed by atoms with van der Waals surface area (Å²) in [4.78, 5) is 14.2. The Bertz CT molecular complexity index is 438. The Kier molecular flexibility index (Phi) is 5.01. The van der Waals surface area contributed by atoms with Gasteiger partial charge in [0.1, 0.15) is 0 Å². The zero-order valence-electron chi connectivity index (χ0n) is 12.6. The minimum atomic E-state index is 0.0231. The van der Waals surface area contributed by atoms with Crippen LogP contribution in [0.4, 0.5) is 5.69 Å². The van der Waals surface area contributed by atoms with Crippen LogP contribution in [0, 0.1) is 11.8 Å². The van der Waals surface area contributed by atoms with Crippen molar-refractivity contribution in [1.29, 1.82) is 0 Å². The first-order valence-electron chi connectivity index (χ1n) is 7.36. The largest absolute Gasteiger partial charge is 0.374 e. The van der Waals surface area contributed by atoms with Crippen LogP contribution in [0.15, 0.2) is 24.3 Å². The third kappa shape index (κ3) is 3.97. The van der Waals surface area contributed by atoms with E-state index in [2.05, 4.69) is 36.4 Å². The number of amides is 1. The van der Waals surface area contributed by atoms with E-state index in [9.17, 15) is 4.79 Å². The summed E-state index contributed by atoms with van der Waals surface area (Å²) in [5, 5.41) is 6.19. The van der Waals surface area contributed by atoms with Crippen molar-refractivity contribution in [2.75, 3.05) is 38.1 Å². The summed E-state index contributed by atoms with van der Waals surface area (Å²) in [5.41, 5.74) is 1.89. The van der Waals surface area contributed by atoms with E-state index >= 15 is 0 Å². The first-order chi connectivity index (χ1) is 9.56. The number of rotatable bonds is 6. The highest BCUT2D eigenvalue weighted by atomic mass is 16.1. The van der Waals surface area contributed by atoms with Crippen molar-refractivity contribution in [3.63, 3.8) is 0 Å². The number of anilines is 1. The van der Waals surface area contributed by atoms with E-state index in [1.165, 1.54) is 0 Å². The minimum Gasteiger partial charge on any atom is -0.374 e. The van der Waals surface area contributed by atoms with Crippen molar-refractivity contribution in [2.24, 2.45) is 11.8 Å². The highest BCUT2D eigenvalue weighted by molar-refractivity contribution is 5.94. The van der Waals surface area contributed by atoms with Crippen LogP contribution >= 0.6 is 0 Å². The molecule has 1 aliphatic heterocycles. The fourth-order valence-electron chi connectivity index (χ4n) is 2.35. The van der Waals surface area contributed by atoms with Crippen LogP contribution in [0.25, 0.3) is 0 Å². The SMILES string of the molecule is CC(C)CN(C)c1ccc(C(=O)NCC2CNC2)cc1. The second kappa shape index (κ2) is 6.75. The van der Waals surface area contributed by atoms with Crippen molar-refractivity contribution >= 4 is 11.6 Å². The molecular weight excluding hydrogens is 250 g/mol. The van der Waals surface area contributed by atoms with Gasteiger partial charge in [0.15, 0.2) is 0 Å². The zero-order chi connectivity index (χ0) is 14.5. The van der Waals surface area contributed by atoms with Crippen LogP contribution in [0.1, 0.15) is 24.2 Å². The average molecular weight is 275 g/mol. The number of carbonyl (C=O) groups is 1. The van der Waals surface area contributed by atoms with E-state index in [4.69, 9.17) is 0 Å². The van der Waals surface area contributed by atoms with Crippen LogP contribution in [-0.4, -0.2) is 39.1 Å². The van der Waals surface area contributed by atoms with Crippen molar-refractivity contribution < 1.29 is 4.79 Å². The fourth-order valence-corrected chi connectivity index (χ4v) is 2.35. The first kappa shape index (κ1) is 14.9. The second-order valence-electron chi connectivity index (χ2n) is 6.06. The summed E-state index contributed by atoms with van der Waals surface area (Å²) >= 11 is 0. The number of carbonyl (C=O) groups excluding carboxylic acids is 1. The van der Waals surface area contributed by atoms with Crippen LogP contribution < -0.4 is 15.5 Å². The lowest BCUT2D eigenvalue weighted by Gasteiger charge is -2.27. The highest BCUT2D eigenvalue weighted by Crippen LogP contribution is 2.15. The molecule has 2 rings (SSSR count). The van der Waals surface area contributed by atoms with Crippen molar-refractivity contribution in [3.8, 4) is 0 Å². The highest BCUT2D eigenvalue weighted by Gasteiger charge is 2.17. The van der Waals surface area contributed by atoms with Gasteiger partial charge < -0.3 is 15.5 Å². The first-order valence-corrected chi connectivity index (χ1v) is 7.36. The minimum absolute atomic E-state index is 0.0231. The average Bonchev–Trinajstić information content (AvgIpc) is 2.36. The molecule has 1 aliphatic rings. The molecule has 0 spiro atoms. The van der Waals surface area contributed by atoms with Gasteiger partial charge in [-0.3, -0.25) is 4.79 Å². The molecule has 1 fully saturated rings. The summed E-state index contributed by atoms with van der Waals surface area (Å²) < 4.78 is 0. The van der Waals surface area contributed by atoms with Crippen LogP contribution in [0.5, 0.6) is 0 Å². The fraction of sp³-hybridized carbons (Fsp3) is 0.562. The maximum absolute atomic E-state index is 12.0. The van der Waals surface area contributed by atoms with Gasteiger partial charge >= 0.3 is 0 Å². The van der Waals surface area contributed by atoms with Gasteiger partial charge in [0.25, 0.3) is 5.91 Å². The van der Waals surface area contributed by atoms with Crippen LogP contribution in [0.3, 0.4) is 0 Å².